The van der Waals surface area contributed by atoms with E-state index in [0.717, 1.165) is 4.88 Å². The molecule has 0 saturated carbocycles. The highest BCUT2D eigenvalue weighted by molar-refractivity contribution is 7.92. The van der Waals surface area contributed by atoms with Crippen molar-refractivity contribution in [2.45, 2.75) is 31.1 Å². The van der Waals surface area contributed by atoms with Crippen molar-refractivity contribution in [3.05, 3.63) is 45.6 Å². The van der Waals surface area contributed by atoms with E-state index >= 15 is 0 Å². The molecule has 6 nitrogen and oxygen atoms in total. The second-order valence-electron chi connectivity index (χ2n) is 6.26. The fourth-order valence-electron chi connectivity index (χ4n) is 1.95. The Kier molecular flexibility index (Phi) is 4.82. The van der Waals surface area contributed by atoms with Gasteiger partial charge in [-0.15, -0.1) is 11.3 Å². The Balaban J connectivity index is 2.43. The van der Waals surface area contributed by atoms with Gasteiger partial charge in [-0.2, -0.15) is 0 Å². The van der Waals surface area contributed by atoms with Crippen LogP contribution in [0, 0.1) is 0 Å². The third kappa shape index (κ3) is 3.82. The first-order valence-electron chi connectivity index (χ1n) is 7.07. The van der Waals surface area contributed by atoms with E-state index in [0.29, 0.717) is 11.8 Å². The number of aldehydes is 1. The number of amides is 1. The molecule has 1 aromatic carbocycles. The Morgan fingerprint density at radius 2 is 1.79 bits per heavy atom. The van der Waals surface area contributed by atoms with Crippen molar-refractivity contribution in [1.82, 2.24) is 0 Å². The molecule has 128 valence electrons. The van der Waals surface area contributed by atoms with Gasteiger partial charge in [0.15, 0.2) is 0 Å². The zero-order chi connectivity index (χ0) is 18.1. The predicted octanol–water partition coefficient (Wildman–Crippen LogP) is 2.76. The average molecular weight is 366 g/mol. The summed E-state index contributed by atoms with van der Waals surface area (Å²) in [6, 6.07) is 7.09. The lowest BCUT2D eigenvalue weighted by molar-refractivity contribution is 0.100. The Labute approximate surface area is 144 Å². The molecule has 2 aromatic rings. The molecule has 0 radical (unpaired) electrons. The van der Waals surface area contributed by atoms with Crippen LogP contribution in [0.3, 0.4) is 0 Å². The summed E-state index contributed by atoms with van der Waals surface area (Å²) in [6.07, 6.45) is 0.628. The number of carbonyl (C=O) groups is 2. The molecule has 2 rings (SSSR count). The average Bonchev–Trinajstić information content (AvgIpc) is 2.91. The summed E-state index contributed by atoms with van der Waals surface area (Å²) in [5.74, 6) is -0.690. The van der Waals surface area contributed by atoms with Gasteiger partial charge in [-0.25, -0.2) is 8.42 Å². The smallest absolute Gasteiger partial charge is 0.261 e. The van der Waals surface area contributed by atoms with Gasteiger partial charge in [-0.3, -0.25) is 14.3 Å². The van der Waals surface area contributed by atoms with Gasteiger partial charge in [0, 0.05) is 10.4 Å². The molecule has 1 aromatic heterocycles. The third-order valence-electron chi connectivity index (χ3n) is 3.27. The predicted molar refractivity (Wildman–Crippen MR) is 94.2 cm³/mol. The number of hydrogen-bond donors (Lipinski definition) is 2. The van der Waals surface area contributed by atoms with E-state index in [-0.39, 0.29) is 20.9 Å². The maximum Gasteiger partial charge on any atom is 0.261 e. The molecular formula is C16H18N2O4S2. The van der Waals surface area contributed by atoms with Crippen LogP contribution in [0.5, 0.6) is 0 Å². The van der Waals surface area contributed by atoms with Crippen LogP contribution in [0.2, 0.25) is 0 Å². The first-order chi connectivity index (χ1) is 11.0. The summed E-state index contributed by atoms with van der Waals surface area (Å²) in [7, 11) is -3.89. The van der Waals surface area contributed by atoms with E-state index < -0.39 is 15.9 Å². The van der Waals surface area contributed by atoms with Gasteiger partial charge in [-0.1, -0.05) is 32.9 Å². The number of rotatable bonds is 5. The first kappa shape index (κ1) is 18.2. The van der Waals surface area contributed by atoms with E-state index in [1.165, 1.54) is 35.6 Å². The molecule has 1 amide bonds. The number of primary amides is 1. The van der Waals surface area contributed by atoms with Crippen LogP contribution >= 0.6 is 11.3 Å². The first-order valence-corrected chi connectivity index (χ1v) is 9.37. The normalized spacial score (nSPS) is 12.0. The number of sulfonamides is 1. The fourth-order valence-corrected chi connectivity index (χ4v) is 4.10. The van der Waals surface area contributed by atoms with Crippen LogP contribution in [-0.2, 0) is 15.4 Å². The van der Waals surface area contributed by atoms with Crippen molar-refractivity contribution in [1.29, 1.82) is 0 Å². The van der Waals surface area contributed by atoms with Gasteiger partial charge in [0.1, 0.15) is 11.2 Å². The monoisotopic (exact) mass is 366 g/mol. The number of nitrogens with two attached hydrogens (primary N) is 1. The van der Waals surface area contributed by atoms with Crippen molar-refractivity contribution in [2.24, 2.45) is 5.73 Å². The number of anilines is 1. The standard InChI is InChI=1S/C16H18N2O4S2/c1-16(2,3)13-8-12(14(23-13)15(17)20)18-24(21,22)11-6-4-10(9-19)5-7-11/h4-9,18H,1-3H3,(H2,17,20). The molecule has 0 aliphatic heterocycles. The summed E-state index contributed by atoms with van der Waals surface area (Å²) in [4.78, 5) is 23.3. The molecule has 0 aliphatic rings. The van der Waals surface area contributed by atoms with Crippen molar-refractivity contribution in [2.75, 3.05) is 4.72 Å². The quantitative estimate of drug-likeness (QED) is 0.793. The van der Waals surface area contributed by atoms with Crippen LogP contribution in [-0.4, -0.2) is 20.6 Å². The number of carbonyl (C=O) groups excluding carboxylic acids is 2. The van der Waals surface area contributed by atoms with Gasteiger partial charge >= 0.3 is 0 Å². The van der Waals surface area contributed by atoms with Crippen LogP contribution in [0.4, 0.5) is 5.69 Å². The van der Waals surface area contributed by atoms with E-state index in [9.17, 15) is 18.0 Å². The fraction of sp³-hybridized carbons (Fsp3) is 0.250. The Hall–Kier alpha value is -2.19. The molecule has 0 unspecified atom stereocenters. The van der Waals surface area contributed by atoms with Gasteiger partial charge in [0.05, 0.1) is 10.6 Å². The van der Waals surface area contributed by atoms with Crippen LogP contribution in [0.15, 0.2) is 35.2 Å². The summed E-state index contributed by atoms with van der Waals surface area (Å²) >= 11 is 1.17. The SMILES string of the molecule is CC(C)(C)c1cc(NS(=O)(=O)c2ccc(C=O)cc2)c(C(N)=O)s1. The molecule has 0 aliphatic carbocycles. The number of thiophene rings is 1. The lowest BCUT2D eigenvalue weighted by Gasteiger charge is -2.15. The minimum absolute atomic E-state index is 0.00738. The minimum Gasteiger partial charge on any atom is -0.365 e. The third-order valence-corrected chi connectivity index (χ3v) is 6.22. The molecule has 24 heavy (non-hydrogen) atoms. The second kappa shape index (κ2) is 6.37. The van der Waals surface area contributed by atoms with E-state index in [1.807, 2.05) is 20.8 Å². The Bertz CT molecular complexity index is 876. The van der Waals surface area contributed by atoms with Crippen molar-refractivity contribution >= 4 is 39.2 Å². The van der Waals surface area contributed by atoms with Crippen LogP contribution in [0.25, 0.3) is 0 Å². The summed E-state index contributed by atoms with van der Waals surface area (Å²) < 4.78 is 27.4. The Morgan fingerprint density at radius 3 is 2.25 bits per heavy atom. The number of hydrogen-bond acceptors (Lipinski definition) is 5. The highest BCUT2D eigenvalue weighted by Gasteiger charge is 2.25. The Morgan fingerprint density at radius 1 is 1.21 bits per heavy atom. The van der Waals surface area contributed by atoms with Gasteiger partial charge < -0.3 is 5.73 Å². The van der Waals surface area contributed by atoms with Crippen molar-refractivity contribution < 1.29 is 18.0 Å². The lowest BCUT2D eigenvalue weighted by Crippen LogP contribution is -2.17. The molecule has 0 fully saturated rings. The molecular weight excluding hydrogens is 348 g/mol. The summed E-state index contributed by atoms with van der Waals surface area (Å²) in [6.45, 7) is 5.88. The molecule has 0 saturated heterocycles. The number of nitrogens with one attached hydrogen (secondary N) is 1. The highest BCUT2D eigenvalue weighted by atomic mass is 32.2. The van der Waals surface area contributed by atoms with Crippen LogP contribution < -0.4 is 10.5 Å². The molecule has 8 heteroatoms. The molecule has 0 spiro atoms. The van der Waals surface area contributed by atoms with Crippen molar-refractivity contribution in [3.8, 4) is 0 Å². The molecule has 1 heterocycles. The maximum absolute atomic E-state index is 12.5. The van der Waals surface area contributed by atoms with Gasteiger partial charge in [0.2, 0.25) is 0 Å². The van der Waals surface area contributed by atoms with E-state index in [4.69, 9.17) is 5.73 Å². The maximum atomic E-state index is 12.5. The second-order valence-corrected chi connectivity index (χ2v) is 8.99. The minimum atomic E-state index is -3.89. The van der Waals surface area contributed by atoms with Crippen LogP contribution in [0.1, 0.15) is 45.7 Å². The van der Waals surface area contributed by atoms with Crippen molar-refractivity contribution in [3.63, 3.8) is 0 Å². The molecule has 3 N–H and O–H groups in total. The summed E-state index contributed by atoms with van der Waals surface area (Å²) in [5, 5.41) is 0. The highest BCUT2D eigenvalue weighted by Crippen LogP contribution is 2.36. The van der Waals surface area contributed by atoms with Gasteiger partial charge in [0.25, 0.3) is 15.9 Å². The van der Waals surface area contributed by atoms with Gasteiger partial charge in [-0.05, 0) is 23.6 Å². The zero-order valence-electron chi connectivity index (χ0n) is 13.5. The van der Waals surface area contributed by atoms with E-state index in [1.54, 1.807) is 6.07 Å². The topological polar surface area (TPSA) is 106 Å². The molecule has 0 bridgehead atoms. The number of benzene rings is 1. The van der Waals surface area contributed by atoms with E-state index in [2.05, 4.69) is 4.72 Å². The lowest BCUT2D eigenvalue weighted by atomic mass is 9.95. The zero-order valence-corrected chi connectivity index (χ0v) is 15.1. The molecule has 0 atom stereocenters. The largest absolute Gasteiger partial charge is 0.365 e. The summed E-state index contributed by atoms with van der Waals surface area (Å²) in [5.41, 5.74) is 5.65.